The lowest BCUT2D eigenvalue weighted by molar-refractivity contribution is -0.115. The largest absolute Gasteiger partial charge is 0.388 e. The number of hydrogen-bond acceptors (Lipinski definition) is 2. The van der Waals surface area contributed by atoms with E-state index in [0.717, 1.165) is 18.7 Å². The molecule has 0 atom stereocenters. The van der Waals surface area contributed by atoms with Gasteiger partial charge in [-0.1, -0.05) is 27.2 Å². The van der Waals surface area contributed by atoms with E-state index in [4.69, 9.17) is 0 Å². The summed E-state index contributed by atoms with van der Waals surface area (Å²) in [5.41, 5.74) is 1.28. The molecule has 0 bridgehead atoms. The van der Waals surface area contributed by atoms with Crippen molar-refractivity contribution in [1.29, 1.82) is 0 Å². The second-order valence-corrected chi connectivity index (χ2v) is 4.69. The van der Waals surface area contributed by atoms with Crippen LogP contribution in [0.15, 0.2) is 11.8 Å². The molecule has 0 aliphatic heterocycles. The van der Waals surface area contributed by atoms with Crippen LogP contribution in [-0.2, 0) is 4.79 Å². The molecule has 1 N–H and O–H groups in total. The quantitative estimate of drug-likeness (QED) is 0.699. The molecule has 0 aromatic heterocycles. The summed E-state index contributed by atoms with van der Waals surface area (Å²) < 4.78 is 0. The first-order valence-corrected chi connectivity index (χ1v) is 5.55. The van der Waals surface area contributed by atoms with Crippen LogP contribution in [0.1, 0.15) is 46.5 Å². The summed E-state index contributed by atoms with van der Waals surface area (Å²) in [5.74, 6) is 0.267. The van der Waals surface area contributed by atoms with Gasteiger partial charge in [0, 0.05) is 30.2 Å². The molecule has 0 unspecified atom stereocenters. The Hall–Kier alpha value is -0.790. The summed E-state index contributed by atoms with van der Waals surface area (Å²) in [4.78, 5) is 11.3. The van der Waals surface area contributed by atoms with Gasteiger partial charge >= 0.3 is 0 Å². The number of unbranched alkanes of at least 4 members (excludes halogenated alkanes) is 1. The van der Waals surface area contributed by atoms with Gasteiger partial charge in [0.2, 0.25) is 0 Å². The van der Waals surface area contributed by atoms with Gasteiger partial charge in [0.25, 0.3) is 0 Å². The van der Waals surface area contributed by atoms with E-state index in [2.05, 4.69) is 26.1 Å². The van der Waals surface area contributed by atoms with Crippen LogP contribution in [-0.4, -0.2) is 12.3 Å². The summed E-state index contributed by atoms with van der Waals surface area (Å²) in [5, 5.41) is 3.38. The lowest BCUT2D eigenvalue weighted by atomic mass is 9.79. The molecule has 0 saturated carbocycles. The maximum Gasteiger partial charge on any atom is 0.157 e. The predicted octanol–water partition coefficient (Wildman–Crippen LogP) is 2.65. The Morgan fingerprint density at radius 1 is 1.50 bits per heavy atom. The Morgan fingerprint density at radius 3 is 2.86 bits per heavy atom. The third-order valence-corrected chi connectivity index (χ3v) is 2.88. The molecule has 0 heterocycles. The molecular weight excluding hydrogens is 174 g/mol. The van der Waals surface area contributed by atoms with Crippen LogP contribution >= 0.6 is 0 Å². The maximum atomic E-state index is 11.3. The number of rotatable bonds is 4. The zero-order valence-electron chi connectivity index (χ0n) is 9.52. The van der Waals surface area contributed by atoms with E-state index in [9.17, 15) is 4.79 Å². The molecule has 0 spiro atoms. The SMILES string of the molecule is CCCCNC1=CC(=O)CCC1(C)C. The smallest absolute Gasteiger partial charge is 0.157 e. The van der Waals surface area contributed by atoms with Crippen molar-refractivity contribution >= 4 is 5.78 Å². The molecular formula is C12H21NO. The monoisotopic (exact) mass is 195 g/mol. The van der Waals surface area contributed by atoms with Crippen molar-refractivity contribution in [3.05, 3.63) is 11.8 Å². The summed E-state index contributed by atoms with van der Waals surface area (Å²) in [6.45, 7) is 7.56. The van der Waals surface area contributed by atoms with Crippen LogP contribution in [0.2, 0.25) is 0 Å². The van der Waals surface area contributed by atoms with Gasteiger partial charge in [-0.15, -0.1) is 0 Å². The molecule has 14 heavy (non-hydrogen) atoms. The van der Waals surface area contributed by atoms with Crippen molar-refractivity contribution in [1.82, 2.24) is 5.32 Å². The minimum atomic E-state index is 0.154. The van der Waals surface area contributed by atoms with Gasteiger partial charge in [0.05, 0.1) is 0 Å². The van der Waals surface area contributed by atoms with Crippen molar-refractivity contribution in [2.24, 2.45) is 5.41 Å². The lowest BCUT2D eigenvalue weighted by Crippen LogP contribution is -2.31. The van der Waals surface area contributed by atoms with Crippen molar-refractivity contribution < 1.29 is 4.79 Å². The Kier molecular flexibility index (Phi) is 3.73. The molecule has 1 aliphatic rings. The van der Waals surface area contributed by atoms with E-state index in [0.29, 0.717) is 6.42 Å². The van der Waals surface area contributed by atoms with Crippen molar-refractivity contribution in [3.63, 3.8) is 0 Å². The second-order valence-electron chi connectivity index (χ2n) is 4.69. The highest BCUT2D eigenvalue weighted by Crippen LogP contribution is 2.33. The highest BCUT2D eigenvalue weighted by molar-refractivity contribution is 5.91. The van der Waals surface area contributed by atoms with Crippen LogP contribution < -0.4 is 5.32 Å². The molecule has 0 fully saturated rings. The third-order valence-electron chi connectivity index (χ3n) is 2.88. The van der Waals surface area contributed by atoms with E-state index >= 15 is 0 Å². The van der Waals surface area contributed by atoms with E-state index in [1.807, 2.05) is 0 Å². The zero-order valence-corrected chi connectivity index (χ0v) is 9.52. The van der Waals surface area contributed by atoms with E-state index in [-0.39, 0.29) is 11.2 Å². The topological polar surface area (TPSA) is 29.1 Å². The fourth-order valence-electron chi connectivity index (χ4n) is 1.69. The molecule has 0 aromatic rings. The molecule has 80 valence electrons. The minimum absolute atomic E-state index is 0.154. The van der Waals surface area contributed by atoms with Crippen molar-refractivity contribution in [3.8, 4) is 0 Å². The fourth-order valence-corrected chi connectivity index (χ4v) is 1.69. The Labute approximate surface area is 86.8 Å². The molecule has 0 radical (unpaired) electrons. The molecule has 1 rings (SSSR count). The Morgan fingerprint density at radius 2 is 2.21 bits per heavy atom. The molecule has 0 saturated heterocycles. The number of hydrogen-bond donors (Lipinski definition) is 1. The number of nitrogens with one attached hydrogen (secondary N) is 1. The summed E-state index contributed by atoms with van der Waals surface area (Å²) >= 11 is 0. The van der Waals surface area contributed by atoms with Crippen LogP contribution in [0.5, 0.6) is 0 Å². The predicted molar refractivity (Wildman–Crippen MR) is 59.0 cm³/mol. The fraction of sp³-hybridized carbons (Fsp3) is 0.750. The second kappa shape index (κ2) is 4.63. The van der Waals surface area contributed by atoms with Crippen molar-refractivity contribution in [2.75, 3.05) is 6.54 Å². The normalized spacial score (nSPS) is 20.5. The molecule has 2 heteroatoms. The number of ketones is 1. The van der Waals surface area contributed by atoms with Gasteiger partial charge in [0.15, 0.2) is 5.78 Å². The first kappa shape index (κ1) is 11.3. The highest BCUT2D eigenvalue weighted by Gasteiger charge is 2.28. The first-order chi connectivity index (χ1) is 6.56. The molecule has 1 aliphatic carbocycles. The van der Waals surface area contributed by atoms with Crippen LogP contribution in [0.3, 0.4) is 0 Å². The highest BCUT2D eigenvalue weighted by atomic mass is 16.1. The van der Waals surface area contributed by atoms with E-state index in [1.165, 1.54) is 12.8 Å². The summed E-state index contributed by atoms with van der Waals surface area (Å²) in [6.07, 6.45) is 5.82. The Balaban J connectivity index is 2.57. The van der Waals surface area contributed by atoms with Gasteiger partial charge in [-0.05, 0) is 12.8 Å². The Bertz CT molecular complexity index is 241. The van der Waals surface area contributed by atoms with Crippen LogP contribution in [0, 0.1) is 5.41 Å². The lowest BCUT2D eigenvalue weighted by Gasteiger charge is -2.31. The van der Waals surface area contributed by atoms with Crippen molar-refractivity contribution in [2.45, 2.75) is 46.5 Å². The van der Waals surface area contributed by atoms with Gasteiger partial charge in [0.1, 0.15) is 0 Å². The van der Waals surface area contributed by atoms with Gasteiger partial charge < -0.3 is 5.32 Å². The van der Waals surface area contributed by atoms with Gasteiger partial charge in [-0.2, -0.15) is 0 Å². The average molecular weight is 195 g/mol. The number of carbonyl (C=O) groups excluding carboxylic acids is 1. The third kappa shape index (κ3) is 2.86. The van der Waals surface area contributed by atoms with E-state index in [1.54, 1.807) is 6.08 Å². The minimum Gasteiger partial charge on any atom is -0.388 e. The van der Waals surface area contributed by atoms with Crippen LogP contribution in [0.25, 0.3) is 0 Å². The summed E-state index contributed by atoms with van der Waals surface area (Å²) in [6, 6.07) is 0. The zero-order chi connectivity index (χ0) is 10.6. The van der Waals surface area contributed by atoms with Gasteiger partial charge in [-0.3, -0.25) is 4.79 Å². The summed E-state index contributed by atoms with van der Waals surface area (Å²) in [7, 11) is 0. The molecule has 2 nitrogen and oxygen atoms in total. The maximum absolute atomic E-state index is 11.3. The van der Waals surface area contributed by atoms with Gasteiger partial charge in [-0.25, -0.2) is 0 Å². The molecule has 0 amide bonds. The first-order valence-electron chi connectivity index (χ1n) is 5.55. The number of carbonyl (C=O) groups is 1. The van der Waals surface area contributed by atoms with Crippen LogP contribution in [0.4, 0.5) is 0 Å². The number of allylic oxidation sites excluding steroid dienone is 2. The average Bonchev–Trinajstić information content (AvgIpc) is 2.12. The van der Waals surface area contributed by atoms with E-state index < -0.39 is 0 Å². The standard InChI is InChI=1S/C12H21NO/c1-4-5-8-13-11-9-10(14)6-7-12(11,2)3/h9,13H,4-8H2,1-3H3. The molecule has 0 aromatic carbocycles.